The lowest BCUT2D eigenvalue weighted by atomic mass is 9.78. The Morgan fingerprint density at radius 1 is 0.571 bits per heavy atom. The van der Waals surface area contributed by atoms with Gasteiger partial charge in [-0.25, -0.2) is 8.78 Å². The number of likely N-dealkylation sites (N-methyl/N-ethyl adjacent to an activating group) is 2. The summed E-state index contributed by atoms with van der Waals surface area (Å²) in [6.07, 6.45) is 0. The summed E-state index contributed by atoms with van der Waals surface area (Å²) < 4.78 is 31.9. The quantitative estimate of drug-likeness (QED) is 0.139. The molecule has 2 fully saturated rings. The summed E-state index contributed by atoms with van der Waals surface area (Å²) in [5.74, 6) is -3.03. The molecule has 6 aromatic rings. The zero-order valence-electron chi connectivity index (χ0n) is 32.8. The highest BCUT2D eigenvalue weighted by Crippen LogP contribution is 2.44. The number of alkyl halides is 2. The number of aromatic nitrogens is 2. The second kappa shape index (κ2) is 16.1. The van der Waals surface area contributed by atoms with E-state index < -0.39 is 31.0 Å². The van der Waals surface area contributed by atoms with E-state index in [1.807, 2.05) is 86.6 Å². The molecule has 2 aliphatic rings. The van der Waals surface area contributed by atoms with Gasteiger partial charge in [-0.05, 0) is 97.7 Å². The molecule has 0 amide bonds. The van der Waals surface area contributed by atoms with Gasteiger partial charge in [0, 0.05) is 85.9 Å². The van der Waals surface area contributed by atoms with Crippen LogP contribution in [0.2, 0.25) is 0 Å². The maximum absolute atomic E-state index is 15.9. The second-order valence-electron chi connectivity index (χ2n) is 15.5. The molecule has 288 valence electrons. The molecule has 0 bridgehead atoms. The number of nitrogens with zero attached hydrogens (tertiary/aromatic N) is 6. The number of Topliss-reactive ketones (excluding diaryl/α,β-unsaturated/α-hetero) is 1. The van der Waals surface area contributed by atoms with Crippen LogP contribution in [0.15, 0.2) is 97.1 Å². The van der Waals surface area contributed by atoms with Crippen molar-refractivity contribution < 1.29 is 13.6 Å². The zero-order chi connectivity index (χ0) is 38.9. The van der Waals surface area contributed by atoms with Crippen molar-refractivity contribution in [1.82, 2.24) is 19.8 Å². The second-order valence-corrected chi connectivity index (χ2v) is 15.5. The first-order valence-electron chi connectivity index (χ1n) is 19.8. The van der Waals surface area contributed by atoms with Crippen molar-refractivity contribution in [2.24, 2.45) is 0 Å². The normalized spacial score (nSPS) is 16.8. The third-order valence-electron chi connectivity index (χ3n) is 11.9. The molecule has 2 atom stereocenters. The largest absolute Gasteiger partial charge is 0.369 e. The molecule has 2 aromatic heterocycles. The van der Waals surface area contributed by atoms with Gasteiger partial charge in [-0.2, -0.15) is 0 Å². The third-order valence-corrected chi connectivity index (χ3v) is 11.9. The number of halogens is 2. The van der Waals surface area contributed by atoms with E-state index in [1.165, 1.54) is 0 Å². The van der Waals surface area contributed by atoms with Crippen LogP contribution < -0.4 is 9.80 Å². The topological polar surface area (TPSA) is 55.8 Å². The number of carbonyl (C=O) groups excluding carboxylic acids is 1. The third kappa shape index (κ3) is 7.14. The Balaban J connectivity index is 1.29. The van der Waals surface area contributed by atoms with E-state index in [1.54, 1.807) is 0 Å². The zero-order valence-corrected chi connectivity index (χ0v) is 32.8. The van der Waals surface area contributed by atoms with E-state index in [2.05, 4.69) is 58.0 Å². The summed E-state index contributed by atoms with van der Waals surface area (Å²) >= 11 is 0. The van der Waals surface area contributed by atoms with Crippen LogP contribution in [0.1, 0.15) is 34.4 Å². The van der Waals surface area contributed by atoms with Crippen molar-refractivity contribution >= 4 is 39.0 Å². The Labute approximate surface area is 328 Å². The van der Waals surface area contributed by atoms with Crippen LogP contribution in [-0.4, -0.2) is 105 Å². The van der Waals surface area contributed by atoms with Gasteiger partial charge >= 0.3 is 0 Å². The van der Waals surface area contributed by atoms with Crippen LogP contribution in [-0.2, 0) is 4.79 Å². The number of hydrogen-bond donors (Lipinski definition) is 0. The molecule has 0 aliphatic carbocycles. The molecule has 4 aromatic carbocycles. The van der Waals surface area contributed by atoms with Gasteiger partial charge in [0.15, 0.2) is 5.78 Å². The van der Waals surface area contributed by atoms with E-state index in [9.17, 15) is 0 Å². The smallest absolute Gasteiger partial charge is 0.153 e. The van der Waals surface area contributed by atoms with E-state index in [4.69, 9.17) is 9.97 Å². The molecule has 0 N–H and O–H groups in total. The van der Waals surface area contributed by atoms with Crippen LogP contribution in [0.25, 0.3) is 44.1 Å². The minimum atomic E-state index is -1.26. The van der Waals surface area contributed by atoms with Gasteiger partial charge in [-0.3, -0.25) is 14.8 Å². The lowest BCUT2D eigenvalue weighted by Gasteiger charge is -2.34. The van der Waals surface area contributed by atoms with Crippen molar-refractivity contribution in [2.75, 3.05) is 89.6 Å². The number of anilines is 2. The van der Waals surface area contributed by atoms with Gasteiger partial charge in [0.05, 0.1) is 22.9 Å². The average molecular weight is 753 g/mol. The summed E-state index contributed by atoms with van der Waals surface area (Å²) in [5, 5.41) is 1.70. The number of pyridine rings is 2. The first kappa shape index (κ1) is 37.7. The fraction of sp³-hybridized carbons (Fsp3) is 0.340. The maximum Gasteiger partial charge on any atom is 0.153 e. The van der Waals surface area contributed by atoms with Crippen LogP contribution in [0.4, 0.5) is 20.2 Å². The standard InChI is InChI=1S/C47H50F2N6O/c1-31-43(45(33-11-7-5-8-12-33)37-27-35(15-17-41(37)50-31)54-23-19-52(3)20-24-54)39(29-48)47(56)40(30-49)44-32(2)51-42-18-16-36(55-25-21-53(4)22-26-55)28-38(42)46(44)34-13-9-6-10-14-34/h5-18,27-28,39-40H,19-26,29-30H2,1-4H3. The fourth-order valence-corrected chi connectivity index (χ4v) is 8.82. The summed E-state index contributed by atoms with van der Waals surface area (Å²) in [6.45, 7) is 9.07. The van der Waals surface area contributed by atoms with E-state index >= 15 is 13.6 Å². The molecule has 2 saturated heterocycles. The van der Waals surface area contributed by atoms with Crippen LogP contribution in [0, 0.1) is 13.8 Å². The Bertz CT molecular complexity index is 2190. The molecule has 0 saturated carbocycles. The van der Waals surface area contributed by atoms with Crippen LogP contribution >= 0.6 is 0 Å². The number of carbonyl (C=O) groups is 1. The first-order valence-corrected chi connectivity index (χ1v) is 19.8. The summed E-state index contributed by atoms with van der Waals surface area (Å²) in [7, 11) is 4.26. The summed E-state index contributed by atoms with van der Waals surface area (Å²) in [6, 6.07) is 32.2. The molecule has 2 unspecified atom stereocenters. The lowest BCUT2D eigenvalue weighted by molar-refractivity contribution is -0.122. The molecule has 4 heterocycles. The van der Waals surface area contributed by atoms with E-state index in [-0.39, 0.29) is 0 Å². The number of benzene rings is 4. The minimum Gasteiger partial charge on any atom is -0.369 e. The molecular formula is C47H50F2N6O. The van der Waals surface area contributed by atoms with Crippen molar-refractivity contribution in [3.05, 3.63) is 120 Å². The molecule has 9 heteroatoms. The van der Waals surface area contributed by atoms with Crippen LogP contribution in [0.5, 0.6) is 0 Å². The first-order chi connectivity index (χ1) is 27.2. The van der Waals surface area contributed by atoms with Crippen molar-refractivity contribution in [3.8, 4) is 22.3 Å². The lowest BCUT2D eigenvalue weighted by Crippen LogP contribution is -2.44. The average Bonchev–Trinajstić information content (AvgIpc) is 3.22. The maximum atomic E-state index is 15.9. The summed E-state index contributed by atoms with van der Waals surface area (Å²) in [4.78, 5) is 34.5. The van der Waals surface area contributed by atoms with Gasteiger partial charge < -0.3 is 19.6 Å². The summed E-state index contributed by atoms with van der Waals surface area (Å²) in [5.41, 5.74) is 9.07. The Morgan fingerprint density at radius 3 is 1.30 bits per heavy atom. The molecule has 0 radical (unpaired) electrons. The molecule has 56 heavy (non-hydrogen) atoms. The monoisotopic (exact) mass is 752 g/mol. The van der Waals surface area contributed by atoms with Crippen LogP contribution in [0.3, 0.4) is 0 Å². The van der Waals surface area contributed by atoms with Crippen molar-refractivity contribution in [2.45, 2.75) is 25.7 Å². The van der Waals surface area contributed by atoms with E-state index in [0.717, 1.165) is 108 Å². The van der Waals surface area contributed by atoms with Crippen molar-refractivity contribution in [1.29, 1.82) is 0 Å². The highest BCUT2D eigenvalue weighted by Gasteiger charge is 2.36. The minimum absolute atomic E-state index is 0.509. The Hall–Kier alpha value is -5.25. The highest BCUT2D eigenvalue weighted by molar-refractivity contribution is 6.05. The van der Waals surface area contributed by atoms with Gasteiger partial charge in [0.2, 0.25) is 0 Å². The Morgan fingerprint density at radius 2 is 0.946 bits per heavy atom. The Kier molecular flexibility index (Phi) is 10.8. The number of piperazine rings is 2. The van der Waals surface area contributed by atoms with Gasteiger partial charge in [0.1, 0.15) is 13.3 Å². The van der Waals surface area contributed by atoms with Crippen molar-refractivity contribution in [3.63, 3.8) is 0 Å². The molecule has 8 rings (SSSR count). The fourth-order valence-electron chi connectivity index (χ4n) is 8.82. The van der Waals surface area contributed by atoms with E-state index in [0.29, 0.717) is 22.5 Å². The number of fused-ring (bicyclic) bond motifs is 2. The number of hydrogen-bond acceptors (Lipinski definition) is 7. The predicted molar refractivity (Wildman–Crippen MR) is 226 cm³/mol. The van der Waals surface area contributed by atoms with Gasteiger partial charge in [0.25, 0.3) is 0 Å². The molecule has 0 spiro atoms. The molecule has 7 nitrogen and oxygen atoms in total. The predicted octanol–water partition coefficient (Wildman–Crippen LogP) is 8.61. The molecule has 2 aliphatic heterocycles. The number of aryl methyl sites for hydroxylation is 2. The van der Waals surface area contributed by atoms with Gasteiger partial charge in [-0.15, -0.1) is 0 Å². The van der Waals surface area contributed by atoms with Gasteiger partial charge in [-0.1, -0.05) is 60.7 Å². The SMILES string of the molecule is Cc1nc2ccc(N3CCN(C)CC3)cc2c(-c2ccccc2)c1C(CF)C(=O)C(CF)c1c(C)nc2ccc(N3CCN(C)CC3)cc2c1-c1ccccc1. The number of rotatable bonds is 10. The highest BCUT2D eigenvalue weighted by atomic mass is 19.1. The molecular weight excluding hydrogens is 703 g/mol. The number of ketones is 1.